The molecule has 0 aromatic rings. The van der Waals surface area contributed by atoms with Gasteiger partial charge in [-0.1, -0.05) is 13.8 Å². The lowest BCUT2D eigenvalue weighted by Gasteiger charge is -2.05. The highest BCUT2D eigenvalue weighted by molar-refractivity contribution is 6.20. The zero-order valence-corrected chi connectivity index (χ0v) is 6.99. The van der Waals surface area contributed by atoms with Crippen LogP contribution in [0.5, 0.6) is 0 Å². The molecule has 66 valence electrons. The van der Waals surface area contributed by atoms with Crippen molar-refractivity contribution in [1.82, 2.24) is 0 Å². The number of ketones is 2. The molecule has 0 amide bonds. The smallest absolute Gasteiger partial charge is 0.324 e. The van der Waals surface area contributed by atoms with E-state index in [1.54, 1.807) is 13.8 Å². The van der Waals surface area contributed by atoms with E-state index in [-0.39, 0.29) is 18.3 Å². The summed E-state index contributed by atoms with van der Waals surface area (Å²) < 4.78 is 4.44. The predicted molar refractivity (Wildman–Crippen MR) is 39.3 cm³/mol. The van der Waals surface area contributed by atoms with Crippen molar-refractivity contribution in [2.45, 2.75) is 13.8 Å². The largest absolute Gasteiger partial charge is 0.457 e. The first-order chi connectivity index (χ1) is 5.54. The summed E-state index contributed by atoms with van der Waals surface area (Å²) in [7, 11) is 0. The SMILES string of the molecule is CC(C)C(=O)C1C(=O)COC1=O. The van der Waals surface area contributed by atoms with E-state index >= 15 is 0 Å². The van der Waals surface area contributed by atoms with Gasteiger partial charge in [0, 0.05) is 5.92 Å². The van der Waals surface area contributed by atoms with Crippen LogP contribution < -0.4 is 0 Å². The number of rotatable bonds is 2. The van der Waals surface area contributed by atoms with Gasteiger partial charge in [0.05, 0.1) is 0 Å². The number of esters is 1. The zero-order chi connectivity index (χ0) is 9.30. The van der Waals surface area contributed by atoms with E-state index in [1.165, 1.54) is 0 Å². The summed E-state index contributed by atoms with van der Waals surface area (Å²) in [5.41, 5.74) is 0. The fourth-order valence-corrected chi connectivity index (χ4v) is 1.05. The lowest BCUT2D eigenvalue weighted by Crippen LogP contribution is -2.29. The minimum absolute atomic E-state index is 0.248. The molecule has 1 aliphatic heterocycles. The summed E-state index contributed by atoms with van der Waals surface area (Å²) in [6.45, 7) is 3.06. The fourth-order valence-electron chi connectivity index (χ4n) is 1.05. The van der Waals surface area contributed by atoms with E-state index in [0.717, 1.165) is 0 Å². The molecule has 1 rings (SSSR count). The first kappa shape index (κ1) is 8.90. The van der Waals surface area contributed by atoms with Gasteiger partial charge in [-0.2, -0.15) is 0 Å². The van der Waals surface area contributed by atoms with Crippen LogP contribution in [0.1, 0.15) is 13.8 Å². The minimum atomic E-state index is -1.15. The molecule has 4 heteroatoms. The quantitative estimate of drug-likeness (QED) is 0.430. The Hall–Kier alpha value is -1.19. The van der Waals surface area contributed by atoms with Gasteiger partial charge in [-0.25, -0.2) is 0 Å². The average molecular weight is 170 g/mol. The van der Waals surface area contributed by atoms with Crippen molar-refractivity contribution >= 4 is 17.5 Å². The van der Waals surface area contributed by atoms with Crippen molar-refractivity contribution in [2.24, 2.45) is 11.8 Å². The van der Waals surface area contributed by atoms with Crippen LogP contribution in [0.3, 0.4) is 0 Å². The van der Waals surface area contributed by atoms with Crippen LogP contribution in [0.15, 0.2) is 0 Å². The lowest BCUT2D eigenvalue weighted by atomic mass is 9.93. The Balaban J connectivity index is 2.80. The Labute approximate surface area is 69.9 Å². The van der Waals surface area contributed by atoms with Crippen LogP contribution in [0, 0.1) is 11.8 Å². The third-order valence-corrected chi connectivity index (χ3v) is 1.77. The summed E-state index contributed by atoms with van der Waals surface area (Å²) in [5, 5.41) is 0. The second-order valence-corrected chi connectivity index (χ2v) is 3.06. The Kier molecular flexibility index (Phi) is 2.26. The van der Waals surface area contributed by atoms with Crippen LogP contribution in [0.2, 0.25) is 0 Å². The summed E-state index contributed by atoms with van der Waals surface area (Å²) in [6.07, 6.45) is 0. The predicted octanol–water partition coefficient (Wildman–Crippen LogP) is -0.0464. The molecule has 1 aliphatic rings. The summed E-state index contributed by atoms with van der Waals surface area (Å²) >= 11 is 0. The first-order valence-electron chi connectivity index (χ1n) is 3.77. The van der Waals surface area contributed by atoms with Gasteiger partial charge in [0.25, 0.3) is 0 Å². The highest BCUT2D eigenvalue weighted by atomic mass is 16.5. The van der Waals surface area contributed by atoms with Crippen LogP contribution >= 0.6 is 0 Å². The zero-order valence-electron chi connectivity index (χ0n) is 6.99. The van der Waals surface area contributed by atoms with Gasteiger partial charge in [-0.05, 0) is 0 Å². The molecule has 1 atom stereocenters. The van der Waals surface area contributed by atoms with Gasteiger partial charge in [-0.3, -0.25) is 14.4 Å². The van der Waals surface area contributed by atoms with Gasteiger partial charge in [-0.15, -0.1) is 0 Å². The molecular formula is C8H10O4. The molecule has 1 heterocycles. The maximum absolute atomic E-state index is 11.2. The molecule has 0 bridgehead atoms. The lowest BCUT2D eigenvalue weighted by molar-refractivity contribution is -0.145. The Bertz CT molecular complexity index is 225. The number of carbonyl (C=O) groups excluding carboxylic acids is 3. The van der Waals surface area contributed by atoms with E-state index < -0.39 is 17.7 Å². The van der Waals surface area contributed by atoms with Crippen molar-refractivity contribution < 1.29 is 19.1 Å². The molecule has 1 unspecified atom stereocenters. The Morgan fingerprint density at radius 1 is 1.50 bits per heavy atom. The number of hydrogen-bond donors (Lipinski definition) is 0. The second-order valence-electron chi connectivity index (χ2n) is 3.06. The molecule has 0 radical (unpaired) electrons. The molecule has 4 nitrogen and oxygen atoms in total. The maximum atomic E-state index is 11.2. The molecule has 0 spiro atoms. The van der Waals surface area contributed by atoms with E-state index in [1.807, 2.05) is 0 Å². The molecule has 0 aliphatic carbocycles. The summed E-state index contributed by atoms with van der Waals surface area (Å²) in [5.74, 6) is -2.91. The molecule has 0 N–H and O–H groups in total. The standard InChI is InChI=1S/C8H10O4/c1-4(2)7(10)6-5(9)3-12-8(6)11/h4,6H,3H2,1-2H3. The van der Waals surface area contributed by atoms with Crippen LogP contribution in [0.25, 0.3) is 0 Å². The average Bonchev–Trinajstić information content (AvgIpc) is 2.30. The van der Waals surface area contributed by atoms with Gasteiger partial charge in [0.15, 0.2) is 24.1 Å². The number of cyclic esters (lactones) is 1. The van der Waals surface area contributed by atoms with Crippen LogP contribution in [-0.2, 0) is 19.1 Å². The molecule has 1 saturated heterocycles. The van der Waals surface area contributed by atoms with E-state index in [0.29, 0.717) is 0 Å². The van der Waals surface area contributed by atoms with Crippen molar-refractivity contribution in [3.63, 3.8) is 0 Å². The van der Waals surface area contributed by atoms with Gasteiger partial charge < -0.3 is 4.74 Å². The number of Topliss-reactive ketones (excluding diaryl/α,β-unsaturated/α-hetero) is 2. The van der Waals surface area contributed by atoms with Crippen molar-refractivity contribution in [2.75, 3.05) is 6.61 Å². The van der Waals surface area contributed by atoms with Crippen molar-refractivity contribution in [3.05, 3.63) is 0 Å². The molecule has 1 fully saturated rings. The third kappa shape index (κ3) is 1.37. The summed E-state index contributed by atoms with van der Waals surface area (Å²) in [4.78, 5) is 33.1. The highest BCUT2D eigenvalue weighted by Gasteiger charge is 2.41. The molecule has 0 aromatic carbocycles. The maximum Gasteiger partial charge on any atom is 0.324 e. The molecule has 12 heavy (non-hydrogen) atoms. The van der Waals surface area contributed by atoms with E-state index in [2.05, 4.69) is 4.74 Å². The highest BCUT2D eigenvalue weighted by Crippen LogP contribution is 2.15. The Morgan fingerprint density at radius 3 is 2.42 bits per heavy atom. The van der Waals surface area contributed by atoms with Gasteiger partial charge >= 0.3 is 5.97 Å². The van der Waals surface area contributed by atoms with Gasteiger partial charge in [0.1, 0.15) is 0 Å². The molecular weight excluding hydrogens is 160 g/mol. The first-order valence-corrected chi connectivity index (χ1v) is 3.77. The molecule has 0 aromatic heterocycles. The van der Waals surface area contributed by atoms with Crippen LogP contribution in [0.4, 0.5) is 0 Å². The van der Waals surface area contributed by atoms with Crippen molar-refractivity contribution in [1.29, 1.82) is 0 Å². The van der Waals surface area contributed by atoms with Gasteiger partial charge in [0.2, 0.25) is 0 Å². The van der Waals surface area contributed by atoms with Crippen molar-refractivity contribution in [3.8, 4) is 0 Å². The third-order valence-electron chi connectivity index (χ3n) is 1.77. The number of ether oxygens (including phenoxy) is 1. The van der Waals surface area contributed by atoms with E-state index in [4.69, 9.17) is 0 Å². The number of hydrogen-bond acceptors (Lipinski definition) is 4. The number of carbonyl (C=O) groups is 3. The monoisotopic (exact) mass is 170 g/mol. The topological polar surface area (TPSA) is 60.4 Å². The summed E-state index contributed by atoms with van der Waals surface area (Å²) in [6, 6.07) is 0. The minimum Gasteiger partial charge on any atom is -0.457 e. The van der Waals surface area contributed by atoms with Crippen LogP contribution in [-0.4, -0.2) is 24.1 Å². The normalized spacial score (nSPS) is 23.1. The molecule has 0 saturated carbocycles. The second kappa shape index (κ2) is 3.05. The fraction of sp³-hybridized carbons (Fsp3) is 0.625. The Morgan fingerprint density at radius 2 is 2.08 bits per heavy atom. The van der Waals surface area contributed by atoms with E-state index in [9.17, 15) is 14.4 Å².